The molecule has 0 saturated heterocycles. The van der Waals surface area contributed by atoms with Crippen LogP contribution in [0.15, 0.2) is 29.2 Å². The van der Waals surface area contributed by atoms with E-state index in [9.17, 15) is 13.7 Å². The van der Waals surface area contributed by atoms with E-state index >= 15 is 0 Å². The van der Waals surface area contributed by atoms with Crippen LogP contribution in [-0.4, -0.2) is 20.3 Å². The Labute approximate surface area is 126 Å². The van der Waals surface area contributed by atoms with Crippen molar-refractivity contribution in [3.05, 3.63) is 24.3 Å². The van der Waals surface area contributed by atoms with Gasteiger partial charge in [0, 0.05) is 0 Å². The number of methoxy groups -OCH3 is 1. The van der Waals surface area contributed by atoms with E-state index in [-0.39, 0.29) is 10.3 Å². The van der Waals surface area contributed by atoms with Gasteiger partial charge in [-0.25, -0.2) is 8.42 Å². The van der Waals surface area contributed by atoms with Gasteiger partial charge >= 0.3 is 0 Å². The molecule has 4 nitrogen and oxygen atoms in total. The Morgan fingerprint density at radius 3 is 2.10 bits per heavy atom. The van der Waals surface area contributed by atoms with Gasteiger partial charge in [-0.15, -0.1) is 0 Å². The zero-order valence-electron chi connectivity index (χ0n) is 12.7. The second-order valence-electron chi connectivity index (χ2n) is 5.85. The van der Waals surface area contributed by atoms with Crippen molar-refractivity contribution in [2.24, 2.45) is 5.41 Å². The Morgan fingerprint density at radius 1 is 1.19 bits per heavy atom. The first-order chi connectivity index (χ1) is 9.88. The van der Waals surface area contributed by atoms with Crippen molar-refractivity contribution in [2.75, 3.05) is 7.11 Å². The molecule has 0 aliphatic heterocycles. The van der Waals surface area contributed by atoms with Crippen LogP contribution in [-0.2, 0) is 9.84 Å². The normalized spacial score (nSPS) is 19.3. The van der Waals surface area contributed by atoms with E-state index in [4.69, 9.17) is 4.74 Å². The van der Waals surface area contributed by atoms with Gasteiger partial charge in [0.1, 0.15) is 5.75 Å². The average molecular weight is 307 g/mol. The molecule has 1 aromatic carbocycles. The minimum absolute atomic E-state index is 0.00469. The Hall–Kier alpha value is -1.54. The topological polar surface area (TPSA) is 67.2 Å². The van der Waals surface area contributed by atoms with Gasteiger partial charge in [0.2, 0.25) is 0 Å². The lowest BCUT2D eigenvalue weighted by Gasteiger charge is -2.51. The third-order valence-corrected chi connectivity index (χ3v) is 7.21. The third kappa shape index (κ3) is 2.32. The maximum atomic E-state index is 12.8. The molecule has 0 bridgehead atoms. The second-order valence-corrected chi connectivity index (χ2v) is 8.11. The summed E-state index contributed by atoms with van der Waals surface area (Å²) in [6.45, 7) is 4.12. The molecule has 114 valence electrons. The summed E-state index contributed by atoms with van der Waals surface area (Å²) in [5.41, 5.74) is -0.00469. The first-order valence-electron chi connectivity index (χ1n) is 7.18. The molecule has 0 heterocycles. The number of hydrogen-bond acceptors (Lipinski definition) is 4. The molecule has 1 aliphatic rings. The summed E-state index contributed by atoms with van der Waals surface area (Å²) >= 11 is 0. The van der Waals surface area contributed by atoms with Gasteiger partial charge in [0.15, 0.2) is 14.6 Å². The number of nitriles is 1. The van der Waals surface area contributed by atoms with Crippen LogP contribution in [0.4, 0.5) is 0 Å². The molecule has 0 spiro atoms. The highest BCUT2D eigenvalue weighted by molar-refractivity contribution is 7.93. The van der Waals surface area contributed by atoms with Gasteiger partial charge in [0.05, 0.1) is 18.1 Å². The Bertz CT molecular complexity index is 644. The summed E-state index contributed by atoms with van der Waals surface area (Å²) in [6, 6.07) is 8.35. The van der Waals surface area contributed by atoms with Crippen LogP contribution < -0.4 is 4.74 Å². The number of nitrogens with zero attached hydrogens (tertiary/aromatic N) is 1. The Morgan fingerprint density at radius 2 is 1.71 bits per heavy atom. The van der Waals surface area contributed by atoms with Crippen molar-refractivity contribution >= 4 is 9.84 Å². The smallest absolute Gasteiger partial charge is 0.197 e. The minimum atomic E-state index is -3.65. The number of hydrogen-bond donors (Lipinski definition) is 0. The van der Waals surface area contributed by atoms with Gasteiger partial charge in [-0.2, -0.15) is 5.26 Å². The molecule has 0 atom stereocenters. The SMILES string of the molecule is CCC1(CC)CC(C#N)(S(=O)(=O)c2ccc(OC)cc2)C1. The van der Waals surface area contributed by atoms with Crippen LogP contribution in [0, 0.1) is 16.7 Å². The van der Waals surface area contributed by atoms with Gasteiger partial charge in [-0.05, 0) is 42.5 Å². The van der Waals surface area contributed by atoms with Crippen molar-refractivity contribution in [2.45, 2.75) is 49.2 Å². The summed E-state index contributed by atoms with van der Waals surface area (Å²) in [7, 11) is -2.12. The van der Waals surface area contributed by atoms with Crippen LogP contribution in [0.5, 0.6) is 5.75 Å². The van der Waals surface area contributed by atoms with Crippen molar-refractivity contribution in [3.8, 4) is 11.8 Å². The summed E-state index contributed by atoms with van der Waals surface area (Å²) in [4.78, 5) is 0.200. The fraction of sp³-hybridized carbons (Fsp3) is 0.562. The molecule has 0 N–H and O–H groups in total. The summed E-state index contributed by atoms with van der Waals surface area (Å²) < 4.78 is 29.4. The van der Waals surface area contributed by atoms with Crippen LogP contribution in [0.3, 0.4) is 0 Å². The number of benzene rings is 1. The molecule has 0 unspecified atom stereocenters. The lowest BCUT2D eigenvalue weighted by atomic mass is 9.59. The van der Waals surface area contributed by atoms with E-state index in [2.05, 4.69) is 19.9 Å². The van der Waals surface area contributed by atoms with E-state index in [1.807, 2.05) is 0 Å². The number of rotatable bonds is 5. The zero-order chi connectivity index (χ0) is 15.7. The van der Waals surface area contributed by atoms with Gasteiger partial charge in [0.25, 0.3) is 0 Å². The molecular formula is C16H21NO3S. The molecule has 1 aromatic rings. The third-order valence-electron chi connectivity index (χ3n) is 4.91. The monoisotopic (exact) mass is 307 g/mol. The maximum Gasteiger partial charge on any atom is 0.197 e. The molecular weight excluding hydrogens is 286 g/mol. The van der Waals surface area contributed by atoms with Crippen molar-refractivity contribution in [1.82, 2.24) is 0 Å². The lowest BCUT2D eigenvalue weighted by Crippen LogP contribution is -2.55. The predicted octanol–water partition coefficient (Wildman–Crippen LogP) is 3.33. The van der Waals surface area contributed by atoms with Gasteiger partial charge in [-0.3, -0.25) is 0 Å². The summed E-state index contributed by atoms with van der Waals surface area (Å²) in [5, 5.41) is 9.50. The zero-order valence-corrected chi connectivity index (χ0v) is 13.5. The Balaban J connectivity index is 2.36. The first kappa shape index (κ1) is 15.8. The molecule has 1 aliphatic carbocycles. The fourth-order valence-electron chi connectivity index (χ4n) is 3.22. The molecule has 0 aromatic heterocycles. The summed E-state index contributed by atoms with van der Waals surface area (Å²) in [6.07, 6.45) is 2.67. The maximum absolute atomic E-state index is 12.8. The van der Waals surface area contributed by atoms with Crippen molar-refractivity contribution in [1.29, 1.82) is 5.26 Å². The standard InChI is InChI=1S/C16H21NO3S/c1-4-15(5-2)10-16(11-15,12-17)21(18,19)14-8-6-13(20-3)7-9-14/h6-9H,4-5,10-11H2,1-3H3. The van der Waals surface area contributed by atoms with E-state index in [0.29, 0.717) is 18.6 Å². The average Bonchev–Trinajstić information content (AvgIpc) is 2.48. The van der Waals surface area contributed by atoms with Crippen LogP contribution in [0.25, 0.3) is 0 Å². The highest BCUT2D eigenvalue weighted by Crippen LogP contribution is 2.57. The number of ether oxygens (including phenoxy) is 1. The van der Waals surface area contributed by atoms with Crippen LogP contribution in [0.1, 0.15) is 39.5 Å². The van der Waals surface area contributed by atoms with Gasteiger partial charge in [-0.1, -0.05) is 26.7 Å². The highest BCUT2D eigenvalue weighted by Gasteiger charge is 2.61. The molecule has 0 radical (unpaired) electrons. The largest absolute Gasteiger partial charge is 0.497 e. The second kappa shape index (κ2) is 5.34. The van der Waals surface area contributed by atoms with Gasteiger partial charge < -0.3 is 4.74 Å². The Kier molecular flexibility index (Phi) is 4.03. The quantitative estimate of drug-likeness (QED) is 0.836. The molecule has 1 fully saturated rings. The molecule has 2 rings (SSSR count). The fourth-order valence-corrected chi connectivity index (χ4v) is 5.28. The van der Waals surface area contributed by atoms with E-state index in [0.717, 1.165) is 12.8 Å². The summed E-state index contributed by atoms with van der Waals surface area (Å²) in [5.74, 6) is 0.602. The number of sulfone groups is 1. The van der Waals surface area contributed by atoms with Crippen molar-refractivity contribution < 1.29 is 13.2 Å². The van der Waals surface area contributed by atoms with Crippen molar-refractivity contribution in [3.63, 3.8) is 0 Å². The minimum Gasteiger partial charge on any atom is -0.497 e. The van der Waals surface area contributed by atoms with E-state index in [1.165, 1.54) is 19.2 Å². The molecule has 21 heavy (non-hydrogen) atoms. The van der Waals surface area contributed by atoms with E-state index < -0.39 is 14.6 Å². The molecule has 1 saturated carbocycles. The molecule has 0 amide bonds. The molecule has 5 heteroatoms. The van der Waals surface area contributed by atoms with Crippen LogP contribution >= 0.6 is 0 Å². The van der Waals surface area contributed by atoms with E-state index in [1.54, 1.807) is 12.1 Å². The predicted molar refractivity (Wildman–Crippen MR) is 80.8 cm³/mol. The highest BCUT2D eigenvalue weighted by atomic mass is 32.2. The first-order valence-corrected chi connectivity index (χ1v) is 8.67. The van der Waals surface area contributed by atoms with Crippen LogP contribution in [0.2, 0.25) is 0 Å². The lowest BCUT2D eigenvalue weighted by molar-refractivity contribution is 0.0927.